The number of hydrogen-bond acceptors (Lipinski definition) is 0. The number of aromatic amines is 1. The molecule has 2 aromatic rings. The average Bonchev–Trinajstić information content (AvgIpc) is 2.44. The first-order valence-electron chi connectivity index (χ1n) is 4.02. The first-order chi connectivity index (χ1) is 5.83. The predicted octanol–water partition coefficient (Wildman–Crippen LogP) is 3.12. The van der Waals surface area contributed by atoms with E-state index >= 15 is 0 Å². The predicted molar refractivity (Wildman–Crippen MR) is 53.1 cm³/mol. The molecule has 1 aromatic heterocycles. The molecule has 1 N–H and O–H groups in total. The Morgan fingerprint density at radius 3 is 2.75 bits per heavy atom. The van der Waals surface area contributed by atoms with E-state index in [0.717, 1.165) is 5.69 Å². The Morgan fingerprint density at radius 1 is 1.33 bits per heavy atom. The Morgan fingerprint density at radius 2 is 2.08 bits per heavy atom. The van der Waals surface area contributed by atoms with Crippen LogP contribution in [0.15, 0.2) is 30.8 Å². The summed E-state index contributed by atoms with van der Waals surface area (Å²) in [6, 6.07) is 8.28. The van der Waals surface area contributed by atoms with Gasteiger partial charge in [-0.25, -0.2) is 0 Å². The highest BCUT2D eigenvalue weighted by molar-refractivity contribution is 5.86. The number of H-pyrrole nitrogens is 1. The van der Waals surface area contributed by atoms with Crippen LogP contribution < -0.4 is 0 Å². The van der Waals surface area contributed by atoms with Gasteiger partial charge in [0.15, 0.2) is 0 Å². The van der Waals surface area contributed by atoms with Crippen molar-refractivity contribution in [1.29, 1.82) is 0 Å². The van der Waals surface area contributed by atoms with Crippen LogP contribution in [0.3, 0.4) is 0 Å². The normalized spacial score (nSPS) is 10.4. The number of para-hydroxylation sites is 1. The lowest BCUT2D eigenvalue weighted by atomic mass is 10.1. The second-order valence-corrected chi connectivity index (χ2v) is 2.91. The summed E-state index contributed by atoms with van der Waals surface area (Å²) in [7, 11) is 0. The molecule has 12 heavy (non-hydrogen) atoms. The van der Waals surface area contributed by atoms with Gasteiger partial charge in [0.25, 0.3) is 0 Å². The molecule has 60 valence electrons. The second kappa shape index (κ2) is 2.52. The number of rotatable bonds is 1. The highest BCUT2D eigenvalue weighted by Crippen LogP contribution is 2.21. The Labute approximate surface area is 71.7 Å². The van der Waals surface area contributed by atoms with Crippen molar-refractivity contribution in [3.8, 4) is 0 Å². The summed E-state index contributed by atoms with van der Waals surface area (Å²) in [4.78, 5) is 3.30. The number of aromatic nitrogens is 1. The van der Waals surface area contributed by atoms with Crippen molar-refractivity contribution < 1.29 is 0 Å². The lowest BCUT2D eigenvalue weighted by Crippen LogP contribution is -1.71. The quantitative estimate of drug-likeness (QED) is 0.654. The van der Waals surface area contributed by atoms with Crippen LogP contribution in [0.5, 0.6) is 0 Å². The van der Waals surface area contributed by atoms with E-state index in [1.165, 1.54) is 16.5 Å². The van der Waals surface area contributed by atoms with Crippen molar-refractivity contribution >= 4 is 17.0 Å². The van der Waals surface area contributed by atoms with Gasteiger partial charge in [0, 0.05) is 16.6 Å². The maximum Gasteiger partial charge on any atom is 0.0461 e. The Balaban J connectivity index is 2.87. The summed E-state index contributed by atoms with van der Waals surface area (Å²) in [6.45, 7) is 5.86. The third-order valence-corrected chi connectivity index (χ3v) is 2.21. The Hall–Kier alpha value is -1.50. The Bertz CT molecular complexity index is 423. The summed E-state index contributed by atoms with van der Waals surface area (Å²) >= 11 is 0. The molecule has 1 heterocycles. The van der Waals surface area contributed by atoms with Crippen molar-refractivity contribution in [2.45, 2.75) is 6.92 Å². The highest BCUT2D eigenvalue weighted by Gasteiger charge is 2.02. The SMILES string of the molecule is C=Cc1[nH]c2ccccc2c1C. The smallest absolute Gasteiger partial charge is 0.0461 e. The molecule has 0 aliphatic carbocycles. The van der Waals surface area contributed by atoms with E-state index in [0.29, 0.717) is 0 Å². The fourth-order valence-electron chi connectivity index (χ4n) is 1.51. The van der Waals surface area contributed by atoms with Crippen molar-refractivity contribution in [2.75, 3.05) is 0 Å². The zero-order chi connectivity index (χ0) is 8.55. The third kappa shape index (κ3) is 0.866. The van der Waals surface area contributed by atoms with Crippen LogP contribution in [0.4, 0.5) is 0 Å². The van der Waals surface area contributed by atoms with Gasteiger partial charge < -0.3 is 4.98 Å². The molecule has 0 unspecified atom stereocenters. The van der Waals surface area contributed by atoms with Gasteiger partial charge in [-0.3, -0.25) is 0 Å². The number of nitrogens with one attached hydrogen (secondary N) is 1. The average molecular weight is 157 g/mol. The first kappa shape index (κ1) is 7.17. The molecule has 1 aromatic carbocycles. The number of aryl methyl sites for hydroxylation is 1. The van der Waals surface area contributed by atoms with Crippen molar-refractivity contribution in [1.82, 2.24) is 4.98 Å². The van der Waals surface area contributed by atoms with Gasteiger partial charge >= 0.3 is 0 Å². The summed E-state index contributed by atoms with van der Waals surface area (Å²) in [6.07, 6.45) is 1.86. The standard InChI is InChI=1S/C11H11N/c1-3-10-8(2)9-6-4-5-7-11(9)12-10/h3-7,12H,1H2,2H3. The molecule has 0 spiro atoms. The summed E-state index contributed by atoms with van der Waals surface area (Å²) < 4.78 is 0. The van der Waals surface area contributed by atoms with Crippen molar-refractivity contribution in [3.63, 3.8) is 0 Å². The van der Waals surface area contributed by atoms with E-state index in [4.69, 9.17) is 0 Å². The number of benzene rings is 1. The van der Waals surface area contributed by atoms with E-state index in [1.54, 1.807) is 0 Å². The van der Waals surface area contributed by atoms with Crippen LogP contribution in [-0.4, -0.2) is 4.98 Å². The van der Waals surface area contributed by atoms with Gasteiger partial charge in [0.1, 0.15) is 0 Å². The zero-order valence-electron chi connectivity index (χ0n) is 7.09. The molecule has 0 atom stereocenters. The summed E-state index contributed by atoms with van der Waals surface area (Å²) in [5, 5.41) is 1.28. The summed E-state index contributed by atoms with van der Waals surface area (Å²) in [5.41, 5.74) is 3.58. The number of fused-ring (bicyclic) bond motifs is 1. The third-order valence-electron chi connectivity index (χ3n) is 2.21. The monoisotopic (exact) mass is 157 g/mol. The topological polar surface area (TPSA) is 15.8 Å². The van der Waals surface area contributed by atoms with Crippen LogP contribution in [0.2, 0.25) is 0 Å². The van der Waals surface area contributed by atoms with Gasteiger partial charge in [-0.15, -0.1) is 0 Å². The van der Waals surface area contributed by atoms with Gasteiger partial charge in [-0.1, -0.05) is 24.8 Å². The molecule has 1 nitrogen and oxygen atoms in total. The molecule has 1 heteroatoms. The van der Waals surface area contributed by atoms with Gasteiger partial charge in [-0.2, -0.15) is 0 Å². The van der Waals surface area contributed by atoms with Gasteiger partial charge in [-0.05, 0) is 24.6 Å². The molecular formula is C11H11N. The second-order valence-electron chi connectivity index (χ2n) is 2.91. The Kier molecular flexibility index (Phi) is 1.51. The van der Waals surface area contributed by atoms with Crippen LogP contribution >= 0.6 is 0 Å². The minimum Gasteiger partial charge on any atom is -0.355 e. The van der Waals surface area contributed by atoms with Crippen LogP contribution in [0.25, 0.3) is 17.0 Å². The fraction of sp³-hybridized carbons (Fsp3) is 0.0909. The minimum absolute atomic E-state index is 1.12. The molecule has 0 aliphatic heterocycles. The molecule has 2 rings (SSSR count). The number of hydrogen-bond donors (Lipinski definition) is 1. The molecule has 0 amide bonds. The van der Waals surface area contributed by atoms with Gasteiger partial charge in [0.05, 0.1) is 0 Å². The molecule has 0 saturated carbocycles. The van der Waals surface area contributed by atoms with Crippen LogP contribution in [0.1, 0.15) is 11.3 Å². The van der Waals surface area contributed by atoms with E-state index in [9.17, 15) is 0 Å². The largest absolute Gasteiger partial charge is 0.355 e. The van der Waals surface area contributed by atoms with Crippen LogP contribution in [0, 0.1) is 6.92 Å². The molecule has 0 aliphatic rings. The fourth-order valence-corrected chi connectivity index (χ4v) is 1.51. The molecule has 0 radical (unpaired) electrons. The van der Waals surface area contributed by atoms with Crippen molar-refractivity contribution in [2.24, 2.45) is 0 Å². The van der Waals surface area contributed by atoms with E-state index in [1.807, 2.05) is 12.1 Å². The minimum atomic E-state index is 1.12. The van der Waals surface area contributed by atoms with Crippen molar-refractivity contribution in [3.05, 3.63) is 42.1 Å². The molecule has 0 saturated heterocycles. The first-order valence-corrected chi connectivity index (χ1v) is 4.02. The molecular weight excluding hydrogens is 146 g/mol. The lowest BCUT2D eigenvalue weighted by molar-refractivity contribution is 1.38. The van der Waals surface area contributed by atoms with Crippen LogP contribution in [-0.2, 0) is 0 Å². The lowest BCUT2D eigenvalue weighted by Gasteiger charge is -1.88. The molecule has 0 fully saturated rings. The maximum atomic E-state index is 3.76. The van der Waals surface area contributed by atoms with Gasteiger partial charge in [0.2, 0.25) is 0 Å². The van der Waals surface area contributed by atoms with E-state index in [2.05, 4.69) is 36.7 Å². The zero-order valence-corrected chi connectivity index (χ0v) is 7.09. The van der Waals surface area contributed by atoms with E-state index in [-0.39, 0.29) is 0 Å². The van der Waals surface area contributed by atoms with E-state index < -0.39 is 0 Å². The highest BCUT2D eigenvalue weighted by atomic mass is 14.7. The summed E-state index contributed by atoms with van der Waals surface area (Å²) in [5.74, 6) is 0. The maximum absolute atomic E-state index is 3.76. The molecule has 0 bridgehead atoms.